The Morgan fingerprint density at radius 3 is 2.52 bits per heavy atom. The van der Waals surface area contributed by atoms with Crippen LogP contribution in [0.25, 0.3) is 11.3 Å². The lowest BCUT2D eigenvalue weighted by Gasteiger charge is -2.34. The van der Waals surface area contributed by atoms with Gasteiger partial charge in [0, 0.05) is 61.1 Å². The summed E-state index contributed by atoms with van der Waals surface area (Å²) in [6.07, 6.45) is 3.77. The zero-order valence-corrected chi connectivity index (χ0v) is 17.1. The van der Waals surface area contributed by atoms with E-state index in [0.717, 1.165) is 55.5 Å². The molecule has 0 bridgehead atoms. The van der Waals surface area contributed by atoms with Crippen molar-refractivity contribution in [3.05, 3.63) is 68.7 Å². The minimum Gasteiger partial charge on any atom is -0.296 e. The van der Waals surface area contributed by atoms with Crippen molar-refractivity contribution in [2.45, 2.75) is 13.1 Å². The quantitative estimate of drug-likeness (QED) is 0.593. The van der Waals surface area contributed by atoms with Crippen LogP contribution in [0.3, 0.4) is 0 Å². The van der Waals surface area contributed by atoms with Crippen LogP contribution in [0.5, 0.6) is 0 Å². The number of hydrogen-bond donors (Lipinski definition) is 0. The van der Waals surface area contributed by atoms with Gasteiger partial charge in [-0.05, 0) is 29.8 Å². The van der Waals surface area contributed by atoms with Gasteiger partial charge < -0.3 is 0 Å². The number of halogens is 2. The summed E-state index contributed by atoms with van der Waals surface area (Å²) < 4.78 is 0. The summed E-state index contributed by atoms with van der Waals surface area (Å²) in [5, 5.41) is 4.53. The fourth-order valence-electron chi connectivity index (χ4n) is 3.25. The van der Waals surface area contributed by atoms with E-state index in [2.05, 4.69) is 26.2 Å². The normalized spacial score (nSPS) is 15.9. The van der Waals surface area contributed by atoms with Gasteiger partial charge in [0.1, 0.15) is 5.01 Å². The number of piperazine rings is 1. The van der Waals surface area contributed by atoms with E-state index in [4.69, 9.17) is 28.2 Å². The third kappa shape index (κ3) is 4.86. The highest BCUT2D eigenvalue weighted by Crippen LogP contribution is 2.31. The predicted molar refractivity (Wildman–Crippen MR) is 112 cm³/mol. The van der Waals surface area contributed by atoms with E-state index in [1.54, 1.807) is 17.4 Å². The van der Waals surface area contributed by atoms with Crippen molar-refractivity contribution in [1.29, 1.82) is 0 Å². The molecule has 1 saturated heterocycles. The van der Waals surface area contributed by atoms with E-state index in [9.17, 15) is 0 Å². The highest BCUT2D eigenvalue weighted by molar-refractivity contribution is 7.09. The maximum absolute atomic E-state index is 6.30. The molecule has 3 heterocycles. The topological polar surface area (TPSA) is 32.3 Å². The van der Waals surface area contributed by atoms with Gasteiger partial charge in [-0.3, -0.25) is 14.8 Å². The van der Waals surface area contributed by atoms with Crippen LogP contribution in [0.15, 0.2) is 48.1 Å². The first-order valence-electron chi connectivity index (χ1n) is 8.91. The standard InChI is InChI=1S/C20H20Cl2N4S/c21-16-3-4-18(22)17(10-16)19-14-27-20(24-19)13-26-8-6-25(7-9-26)12-15-2-1-5-23-11-15/h1-5,10-11,14H,6-9,12-13H2. The van der Waals surface area contributed by atoms with Crippen LogP contribution >= 0.6 is 34.5 Å². The van der Waals surface area contributed by atoms with Crippen molar-refractivity contribution >= 4 is 34.5 Å². The molecule has 1 aromatic carbocycles. The molecule has 2 aromatic heterocycles. The van der Waals surface area contributed by atoms with Crippen LogP contribution in [0.4, 0.5) is 0 Å². The molecule has 1 aliphatic rings. The fourth-order valence-corrected chi connectivity index (χ4v) is 4.47. The van der Waals surface area contributed by atoms with Crippen molar-refractivity contribution in [3.8, 4) is 11.3 Å². The lowest BCUT2D eigenvalue weighted by atomic mass is 10.2. The Labute approximate surface area is 173 Å². The molecule has 0 atom stereocenters. The highest BCUT2D eigenvalue weighted by atomic mass is 35.5. The summed E-state index contributed by atoms with van der Waals surface area (Å²) in [4.78, 5) is 13.9. The van der Waals surface area contributed by atoms with E-state index in [1.807, 2.05) is 30.6 Å². The minimum atomic E-state index is 0.675. The molecule has 0 spiro atoms. The van der Waals surface area contributed by atoms with Gasteiger partial charge in [0.05, 0.1) is 17.3 Å². The van der Waals surface area contributed by atoms with Gasteiger partial charge in [-0.25, -0.2) is 4.98 Å². The smallest absolute Gasteiger partial charge is 0.107 e. The molecule has 7 heteroatoms. The lowest BCUT2D eigenvalue weighted by molar-refractivity contribution is 0.122. The number of benzene rings is 1. The largest absolute Gasteiger partial charge is 0.296 e. The molecule has 1 fully saturated rings. The zero-order chi connectivity index (χ0) is 18.6. The van der Waals surface area contributed by atoms with Crippen LogP contribution in [0, 0.1) is 0 Å². The molecule has 0 saturated carbocycles. The minimum absolute atomic E-state index is 0.675. The number of hydrogen-bond acceptors (Lipinski definition) is 5. The van der Waals surface area contributed by atoms with Gasteiger partial charge >= 0.3 is 0 Å². The molecule has 0 unspecified atom stereocenters. The first-order valence-corrected chi connectivity index (χ1v) is 10.5. The number of thiazole rings is 1. The molecule has 1 aliphatic heterocycles. The fraction of sp³-hybridized carbons (Fsp3) is 0.300. The Kier molecular flexibility index (Phi) is 6.05. The van der Waals surface area contributed by atoms with Gasteiger partial charge in [0.25, 0.3) is 0 Å². The molecule has 3 aromatic rings. The summed E-state index contributed by atoms with van der Waals surface area (Å²) in [7, 11) is 0. The number of rotatable bonds is 5. The zero-order valence-electron chi connectivity index (χ0n) is 14.8. The Hall–Kier alpha value is -1.50. The molecule has 27 heavy (non-hydrogen) atoms. The van der Waals surface area contributed by atoms with Crippen molar-refractivity contribution in [2.24, 2.45) is 0 Å². The average Bonchev–Trinajstić information content (AvgIpc) is 3.14. The molecule has 4 nitrogen and oxygen atoms in total. The van der Waals surface area contributed by atoms with Crippen LogP contribution < -0.4 is 0 Å². The maximum Gasteiger partial charge on any atom is 0.107 e. The predicted octanol–water partition coefficient (Wildman–Crippen LogP) is 4.83. The maximum atomic E-state index is 6.30. The van der Waals surface area contributed by atoms with Crippen LogP contribution in [-0.2, 0) is 13.1 Å². The van der Waals surface area contributed by atoms with E-state index < -0.39 is 0 Å². The monoisotopic (exact) mass is 418 g/mol. The third-order valence-electron chi connectivity index (χ3n) is 4.71. The second-order valence-electron chi connectivity index (χ2n) is 6.66. The molecular formula is C20H20Cl2N4S. The van der Waals surface area contributed by atoms with Gasteiger partial charge in [-0.2, -0.15) is 0 Å². The highest BCUT2D eigenvalue weighted by Gasteiger charge is 2.18. The van der Waals surface area contributed by atoms with E-state index >= 15 is 0 Å². The second-order valence-corrected chi connectivity index (χ2v) is 8.45. The Balaban J connectivity index is 1.33. The molecular weight excluding hydrogens is 399 g/mol. The molecule has 0 N–H and O–H groups in total. The van der Waals surface area contributed by atoms with Gasteiger partial charge in [0.15, 0.2) is 0 Å². The van der Waals surface area contributed by atoms with Gasteiger partial charge in [-0.1, -0.05) is 29.3 Å². The molecule has 0 radical (unpaired) electrons. The molecule has 0 amide bonds. The summed E-state index contributed by atoms with van der Waals surface area (Å²) in [5.41, 5.74) is 3.07. The van der Waals surface area contributed by atoms with Crippen LogP contribution in [0.1, 0.15) is 10.6 Å². The Morgan fingerprint density at radius 2 is 1.78 bits per heavy atom. The van der Waals surface area contributed by atoms with Gasteiger partial charge in [0.2, 0.25) is 0 Å². The summed E-state index contributed by atoms with van der Waals surface area (Å²) in [5.74, 6) is 0. The molecule has 140 valence electrons. The average molecular weight is 419 g/mol. The van der Waals surface area contributed by atoms with E-state index in [0.29, 0.717) is 10.0 Å². The van der Waals surface area contributed by atoms with Crippen molar-refractivity contribution in [3.63, 3.8) is 0 Å². The van der Waals surface area contributed by atoms with Crippen molar-refractivity contribution in [2.75, 3.05) is 26.2 Å². The second kappa shape index (κ2) is 8.67. The number of aromatic nitrogens is 2. The number of nitrogens with zero attached hydrogens (tertiary/aromatic N) is 4. The van der Waals surface area contributed by atoms with Gasteiger partial charge in [-0.15, -0.1) is 11.3 Å². The number of pyridine rings is 1. The third-order valence-corrected chi connectivity index (χ3v) is 6.11. The Morgan fingerprint density at radius 1 is 1.00 bits per heavy atom. The summed E-state index contributed by atoms with van der Waals surface area (Å²) >= 11 is 14.1. The van der Waals surface area contributed by atoms with Crippen LogP contribution in [0.2, 0.25) is 10.0 Å². The van der Waals surface area contributed by atoms with E-state index in [-0.39, 0.29) is 0 Å². The van der Waals surface area contributed by atoms with Crippen molar-refractivity contribution in [1.82, 2.24) is 19.8 Å². The van der Waals surface area contributed by atoms with Crippen LogP contribution in [-0.4, -0.2) is 45.9 Å². The lowest BCUT2D eigenvalue weighted by Crippen LogP contribution is -2.45. The SMILES string of the molecule is Clc1ccc(Cl)c(-c2csc(CN3CCN(Cc4cccnc4)CC3)n2)c1. The first kappa shape index (κ1) is 18.8. The summed E-state index contributed by atoms with van der Waals surface area (Å²) in [6, 6.07) is 9.63. The van der Waals surface area contributed by atoms with Crippen molar-refractivity contribution < 1.29 is 0 Å². The Bertz CT molecular complexity index is 892. The summed E-state index contributed by atoms with van der Waals surface area (Å²) in [6.45, 7) is 6.07. The first-order chi connectivity index (χ1) is 13.2. The molecule has 0 aliphatic carbocycles. The molecule has 4 rings (SSSR count). The van der Waals surface area contributed by atoms with E-state index in [1.165, 1.54) is 5.56 Å².